The Morgan fingerprint density at radius 2 is 1.74 bits per heavy atom. The van der Waals surface area contributed by atoms with Crippen LogP contribution in [0.25, 0.3) is 33.1 Å². The molecule has 0 saturated heterocycles. The molecule has 0 saturated carbocycles. The van der Waals surface area contributed by atoms with E-state index in [4.69, 9.17) is 9.40 Å². The molecule has 0 fully saturated rings. The maximum absolute atomic E-state index is 11.4. The van der Waals surface area contributed by atoms with Crippen LogP contribution in [0.3, 0.4) is 0 Å². The molecule has 2 aromatic carbocycles. The number of benzene rings is 2. The summed E-state index contributed by atoms with van der Waals surface area (Å²) in [5, 5.41) is 1.99. The molecule has 110 valence electrons. The molecule has 0 amide bonds. The van der Waals surface area contributed by atoms with E-state index in [0.29, 0.717) is 5.58 Å². The zero-order valence-electron chi connectivity index (χ0n) is 12.4. The van der Waals surface area contributed by atoms with E-state index in [1.165, 1.54) is 22.8 Å². The van der Waals surface area contributed by atoms with Crippen molar-refractivity contribution in [3.8, 4) is 11.3 Å². The van der Waals surface area contributed by atoms with E-state index >= 15 is 0 Å². The highest BCUT2D eigenvalue weighted by molar-refractivity contribution is 6.05. The molecule has 0 radical (unpaired) electrons. The summed E-state index contributed by atoms with van der Waals surface area (Å²) in [6, 6.07) is 17.7. The summed E-state index contributed by atoms with van der Waals surface area (Å²) in [6.07, 6.45) is 2.03. The third-order valence-corrected chi connectivity index (χ3v) is 4.61. The van der Waals surface area contributed by atoms with Gasteiger partial charge in [0.15, 0.2) is 0 Å². The van der Waals surface area contributed by atoms with Crippen LogP contribution in [0.1, 0.15) is 11.1 Å². The number of hydrogen-bond acceptors (Lipinski definition) is 3. The summed E-state index contributed by atoms with van der Waals surface area (Å²) in [6.45, 7) is 0. The Kier molecular flexibility index (Phi) is 2.48. The molecule has 4 aromatic rings. The highest BCUT2D eigenvalue weighted by Gasteiger charge is 2.18. The lowest BCUT2D eigenvalue weighted by atomic mass is 9.88. The molecular weight excluding hydrogens is 286 g/mol. The molecule has 5 rings (SSSR count). The average molecular weight is 299 g/mol. The van der Waals surface area contributed by atoms with Crippen LogP contribution in [0, 0.1) is 0 Å². The Hall–Kier alpha value is -2.94. The fraction of sp³-hybridized carbons (Fsp3) is 0.100. The molecule has 23 heavy (non-hydrogen) atoms. The van der Waals surface area contributed by atoms with Gasteiger partial charge in [0.2, 0.25) is 0 Å². The third kappa shape index (κ3) is 1.83. The number of aromatic nitrogens is 1. The van der Waals surface area contributed by atoms with Gasteiger partial charge in [-0.05, 0) is 48.2 Å². The molecule has 0 atom stereocenters. The zero-order chi connectivity index (χ0) is 15.4. The van der Waals surface area contributed by atoms with Crippen molar-refractivity contribution in [2.45, 2.75) is 12.8 Å². The maximum Gasteiger partial charge on any atom is 0.336 e. The summed E-state index contributed by atoms with van der Waals surface area (Å²) in [7, 11) is 0. The standard InChI is InChI=1S/C20H13NO2/c22-19-10-7-15-16-11-13-6-5-12-3-1-2-4-14(12)20(13)21-17(16)8-9-18(15)23-19/h1-4,7-11H,5-6H2. The molecule has 2 aromatic heterocycles. The van der Waals surface area contributed by atoms with Crippen molar-refractivity contribution < 1.29 is 4.42 Å². The van der Waals surface area contributed by atoms with Crippen molar-refractivity contribution in [3.63, 3.8) is 0 Å². The van der Waals surface area contributed by atoms with Gasteiger partial charge in [-0.2, -0.15) is 0 Å². The van der Waals surface area contributed by atoms with E-state index in [1.54, 1.807) is 0 Å². The minimum Gasteiger partial charge on any atom is -0.423 e. The van der Waals surface area contributed by atoms with E-state index in [-0.39, 0.29) is 5.63 Å². The van der Waals surface area contributed by atoms with Crippen molar-refractivity contribution in [3.05, 3.63) is 76.1 Å². The second kappa shape index (κ2) is 4.53. The molecule has 3 nitrogen and oxygen atoms in total. The van der Waals surface area contributed by atoms with Gasteiger partial charge in [0, 0.05) is 22.4 Å². The van der Waals surface area contributed by atoms with Crippen LogP contribution in [0.4, 0.5) is 0 Å². The van der Waals surface area contributed by atoms with E-state index in [0.717, 1.165) is 34.8 Å². The summed E-state index contributed by atoms with van der Waals surface area (Å²) >= 11 is 0. The van der Waals surface area contributed by atoms with E-state index < -0.39 is 0 Å². The molecule has 0 bridgehead atoms. The molecule has 0 unspecified atom stereocenters. The van der Waals surface area contributed by atoms with Gasteiger partial charge in [0.25, 0.3) is 0 Å². The first-order chi connectivity index (χ1) is 11.3. The van der Waals surface area contributed by atoms with Crippen LogP contribution in [-0.4, -0.2) is 4.98 Å². The quantitative estimate of drug-likeness (QED) is 0.362. The molecule has 0 N–H and O–H groups in total. The maximum atomic E-state index is 11.4. The smallest absolute Gasteiger partial charge is 0.336 e. The van der Waals surface area contributed by atoms with Gasteiger partial charge in [-0.25, -0.2) is 9.78 Å². The summed E-state index contributed by atoms with van der Waals surface area (Å²) in [5.74, 6) is 0. The summed E-state index contributed by atoms with van der Waals surface area (Å²) in [5.41, 5.74) is 6.15. The van der Waals surface area contributed by atoms with Crippen molar-refractivity contribution in [2.24, 2.45) is 0 Å². The van der Waals surface area contributed by atoms with Gasteiger partial charge in [-0.3, -0.25) is 0 Å². The highest BCUT2D eigenvalue weighted by Crippen LogP contribution is 2.35. The van der Waals surface area contributed by atoms with Gasteiger partial charge in [0.1, 0.15) is 5.58 Å². The summed E-state index contributed by atoms with van der Waals surface area (Å²) in [4.78, 5) is 16.3. The van der Waals surface area contributed by atoms with E-state index in [1.807, 2.05) is 18.2 Å². The van der Waals surface area contributed by atoms with Crippen molar-refractivity contribution in [2.75, 3.05) is 0 Å². The predicted octanol–water partition coefficient (Wildman–Crippen LogP) is 4.11. The largest absolute Gasteiger partial charge is 0.423 e. The molecule has 1 aliphatic carbocycles. The Morgan fingerprint density at radius 3 is 2.70 bits per heavy atom. The zero-order valence-corrected chi connectivity index (χ0v) is 12.4. The van der Waals surface area contributed by atoms with Crippen LogP contribution in [-0.2, 0) is 12.8 Å². The normalized spacial score (nSPS) is 13.0. The topological polar surface area (TPSA) is 43.1 Å². The van der Waals surface area contributed by atoms with Gasteiger partial charge >= 0.3 is 5.63 Å². The lowest BCUT2D eigenvalue weighted by molar-refractivity contribution is 0.561. The monoisotopic (exact) mass is 299 g/mol. The Bertz CT molecular complexity index is 1140. The molecule has 0 spiro atoms. The Morgan fingerprint density at radius 1 is 0.870 bits per heavy atom. The highest BCUT2D eigenvalue weighted by atomic mass is 16.4. The van der Waals surface area contributed by atoms with E-state index in [2.05, 4.69) is 30.3 Å². The molecule has 2 heterocycles. The second-order valence-electron chi connectivity index (χ2n) is 5.95. The Labute approximate surface area is 132 Å². The lowest BCUT2D eigenvalue weighted by Crippen LogP contribution is -2.06. The molecule has 3 heteroatoms. The predicted molar refractivity (Wildman–Crippen MR) is 90.6 cm³/mol. The van der Waals surface area contributed by atoms with Crippen LogP contribution in [0.2, 0.25) is 0 Å². The fourth-order valence-electron chi connectivity index (χ4n) is 3.51. The molecule has 0 aliphatic heterocycles. The van der Waals surface area contributed by atoms with Gasteiger partial charge in [0.05, 0.1) is 11.2 Å². The number of aryl methyl sites for hydroxylation is 2. The first kappa shape index (κ1) is 12.6. The van der Waals surface area contributed by atoms with Gasteiger partial charge in [-0.15, -0.1) is 0 Å². The number of fused-ring (bicyclic) bond motifs is 6. The number of nitrogens with zero attached hydrogens (tertiary/aromatic N) is 1. The first-order valence-corrected chi connectivity index (χ1v) is 7.74. The van der Waals surface area contributed by atoms with Gasteiger partial charge < -0.3 is 4.42 Å². The minimum absolute atomic E-state index is 0.323. The summed E-state index contributed by atoms with van der Waals surface area (Å²) < 4.78 is 5.29. The van der Waals surface area contributed by atoms with Crippen molar-refractivity contribution in [1.29, 1.82) is 0 Å². The second-order valence-corrected chi connectivity index (χ2v) is 5.95. The molecular formula is C20H13NO2. The van der Waals surface area contributed by atoms with E-state index in [9.17, 15) is 4.79 Å². The lowest BCUT2D eigenvalue weighted by Gasteiger charge is -2.19. The average Bonchev–Trinajstić information content (AvgIpc) is 2.59. The fourth-order valence-corrected chi connectivity index (χ4v) is 3.51. The van der Waals surface area contributed by atoms with Crippen LogP contribution >= 0.6 is 0 Å². The van der Waals surface area contributed by atoms with Crippen molar-refractivity contribution >= 4 is 21.9 Å². The van der Waals surface area contributed by atoms with Gasteiger partial charge in [-0.1, -0.05) is 24.3 Å². The minimum atomic E-state index is -0.323. The van der Waals surface area contributed by atoms with Crippen LogP contribution < -0.4 is 5.63 Å². The number of rotatable bonds is 0. The third-order valence-electron chi connectivity index (χ3n) is 4.61. The number of hydrogen-bond donors (Lipinski definition) is 0. The van der Waals surface area contributed by atoms with Crippen molar-refractivity contribution in [1.82, 2.24) is 4.98 Å². The molecule has 1 aliphatic rings. The van der Waals surface area contributed by atoms with Crippen LogP contribution in [0.15, 0.2) is 63.8 Å². The van der Waals surface area contributed by atoms with Crippen LogP contribution in [0.5, 0.6) is 0 Å². The Balaban J connectivity index is 1.87. The first-order valence-electron chi connectivity index (χ1n) is 7.74. The SMILES string of the molecule is O=c1ccc2c(ccc3nc4c(cc32)CCc2ccccc2-4)o1. The number of pyridine rings is 1.